The molecule has 0 aliphatic heterocycles. The Bertz CT molecular complexity index is 777. The van der Waals surface area contributed by atoms with Crippen molar-refractivity contribution in [2.75, 3.05) is 6.54 Å². The maximum absolute atomic E-state index is 13.0. The quantitative estimate of drug-likeness (QED) is 0.626. The first kappa shape index (κ1) is 17.0. The summed E-state index contributed by atoms with van der Waals surface area (Å²) in [6, 6.07) is 21.9. The molecule has 0 aliphatic carbocycles. The average Bonchev–Trinajstić information content (AvgIpc) is 3.18. The van der Waals surface area contributed by atoms with E-state index in [1.54, 1.807) is 6.26 Å². The zero-order valence-electron chi connectivity index (χ0n) is 14.5. The number of furan rings is 1. The molecule has 0 fully saturated rings. The smallest absolute Gasteiger partial charge is 0.254 e. The Balaban J connectivity index is 1.75. The molecule has 0 radical (unpaired) electrons. The van der Waals surface area contributed by atoms with Gasteiger partial charge in [-0.3, -0.25) is 4.79 Å². The second-order valence-corrected chi connectivity index (χ2v) is 6.09. The lowest BCUT2D eigenvalue weighted by atomic mass is 10.1. The molecule has 1 amide bonds. The highest BCUT2D eigenvalue weighted by Crippen LogP contribution is 2.13. The van der Waals surface area contributed by atoms with Gasteiger partial charge in [0.25, 0.3) is 5.91 Å². The molecule has 0 saturated heterocycles. The fourth-order valence-electron chi connectivity index (χ4n) is 2.82. The molecule has 3 rings (SSSR count). The van der Waals surface area contributed by atoms with Crippen molar-refractivity contribution in [2.24, 2.45) is 0 Å². The van der Waals surface area contributed by atoms with E-state index in [2.05, 4.69) is 19.1 Å². The summed E-state index contributed by atoms with van der Waals surface area (Å²) in [6.45, 7) is 3.24. The second-order valence-electron chi connectivity index (χ2n) is 6.09. The van der Waals surface area contributed by atoms with Gasteiger partial charge in [-0.2, -0.15) is 0 Å². The van der Waals surface area contributed by atoms with Crippen LogP contribution in [0.3, 0.4) is 0 Å². The molecule has 1 heterocycles. The molecular formula is C22H23NO2. The zero-order valence-corrected chi connectivity index (χ0v) is 14.5. The first-order valence-corrected chi connectivity index (χ1v) is 8.71. The van der Waals surface area contributed by atoms with Crippen molar-refractivity contribution in [1.29, 1.82) is 0 Å². The second kappa shape index (κ2) is 8.34. The maximum Gasteiger partial charge on any atom is 0.254 e. The summed E-state index contributed by atoms with van der Waals surface area (Å²) in [5.74, 6) is 0.835. The van der Waals surface area contributed by atoms with Crippen LogP contribution in [0, 0.1) is 0 Å². The molecule has 3 nitrogen and oxygen atoms in total. The highest BCUT2D eigenvalue weighted by atomic mass is 16.3. The SMILES string of the molecule is CCc1ccc(C(=O)N(CCc2ccccc2)Cc2ccco2)cc1. The minimum absolute atomic E-state index is 0.0370. The third-order valence-corrected chi connectivity index (χ3v) is 4.34. The fourth-order valence-corrected chi connectivity index (χ4v) is 2.82. The Morgan fingerprint density at radius 1 is 0.920 bits per heavy atom. The monoisotopic (exact) mass is 333 g/mol. The summed E-state index contributed by atoms with van der Waals surface area (Å²) < 4.78 is 5.44. The highest BCUT2D eigenvalue weighted by Gasteiger charge is 2.17. The summed E-state index contributed by atoms with van der Waals surface area (Å²) in [5.41, 5.74) is 3.18. The van der Waals surface area contributed by atoms with Crippen LogP contribution in [0.5, 0.6) is 0 Å². The van der Waals surface area contributed by atoms with Crippen molar-refractivity contribution in [1.82, 2.24) is 4.90 Å². The van der Waals surface area contributed by atoms with E-state index in [1.807, 2.05) is 59.5 Å². The molecular weight excluding hydrogens is 310 g/mol. The van der Waals surface area contributed by atoms with Crippen molar-refractivity contribution in [2.45, 2.75) is 26.3 Å². The number of nitrogens with zero attached hydrogens (tertiary/aromatic N) is 1. The highest BCUT2D eigenvalue weighted by molar-refractivity contribution is 5.94. The Morgan fingerprint density at radius 2 is 1.68 bits per heavy atom. The normalized spacial score (nSPS) is 10.6. The number of benzene rings is 2. The van der Waals surface area contributed by atoms with E-state index in [0.29, 0.717) is 13.1 Å². The zero-order chi connectivity index (χ0) is 17.5. The molecule has 0 bridgehead atoms. The number of carbonyl (C=O) groups is 1. The van der Waals surface area contributed by atoms with Crippen LogP contribution >= 0.6 is 0 Å². The molecule has 0 saturated carbocycles. The van der Waals surface area contributed by atoms with Crippen LogP contribution in [0.1, 0.15) is 34.2 Å². The third-order valence-electron chi connectivity index (χ3n) is 4.34. The van der Waals surface area contributed by atoms with Gasteiger partial charge in [-0.15, -0.1) is 0 Å². The van der Waals surface area contributed by atoms with E-state index in [1.165, 1.54) is 11.1 Å². The molecule has 1 aromatic heterocycles. The molecule has 3 heteroatoms. The van der Waals surface area contributed by atoms with Crippen LogP contribution in [0.15, 0.2) is 77.4 Å². The Kier molecular flexibility index (Phi) is 5.68. The van der Waals surface area contributed by atoms with Crippen LogP contribution in [-0.4, -0.2) is 17.4 Å². The van der Waals surface area contributed by atoms with Crippen LogP contribution in [0.4, 0.5) is 0 Å². The van der Waals surface area contributed by atoms with E-state index >= 15 is 0 Å². The van der Waals surface area contributed by atoms with Crippen molar-refractivity contribution in [3.05, 3.63) is 95.4 Å². The van der Waals surface area contributed by atoms with Crippen LogP contribution in [-0.2, 0) is 19.4 Å². The molecule has 0 aliphatic rings. The number of carbonyl (C=O) groups excluding carboxylic acids is 1. The number of rotatable bonds is 7. The predicted molar refractivity (Wildman–Crippen MR) is 99.4 cm³/mol. The van der Waals surface area contributed by atoms with Crippen molar-refractivity contribution < 1.29 is 9.21 Å². The van der Waals surface area contributed by atoms with Gasteiger partial charge >= 0.3 is 0 Å². The van der Waals surface area contributed by atoms with Gasteiger partial charge in [0.2, 0.25) is 0 Å². The standard InChI is InChI=1S/C22H23NO2/c1-2-18-10-12-20(13-11-18)22(24)23(17-21-9-6-16-25-21)15-14-19-7-4-3-5-8-19/h3-13,16H,2,14-15,17H2,1H3. The third kappa shape index (κ3) is 4.60. The van der Waals surface area contributed by atoms with Gasteiger partial charge in [0.1, 0.15) is 5.76 Å². The Hall–Kier alpha value is -2.81. The van der Waals surface area contributed by atoms with Gasteiger partial charge < -0.3 is 9.32 Å². The van der Waals surface area contributed by atoms with Gasteiger partial charge in [-0.1, -0.05) is 49.4 Å². The molecule has 0 N–H and O–H groups in total. The minimum atomic E-state index is 0.0370. The number of aryl methyl sites for hydroxylation is 1. The van der Waals surface area contributed by atoms with Crippen LogP contribution < -0.4 is 0 Å². The van der Waals surface area contributed by atoms with Crippen molar-refractivity contribution >= 4 is 5.91 Å². The van der Waals surface area contributed by atoms with Gasteiger partial charge in [0.15, 0.2) is 0 Å². The molecule has 0 spiro atoms. The van der Waals surface area contributed by atoms with Gasteiger partial charge in [-0.25, -0.2) is 0 Å². The first-order chi connectivity index (χ1) is 12.3. The Labute approximate surface area is 148 Å². The fraction of sp³-hybridized carbons (Fsp3) is 0.227. The molecule has 0 unspecified atom stereocenters. The maximum atomic E-state index is 13.0. The first-order valence-electron chi connectivity index (χ1n) is 8.71. The van der Waals surface area contributed by atoms with E-state index in [4.69, 9.17) is 4.42 Å². The van der Waals surface area contributed by atoms with Crippen LogP contribution in [0.25, 0.3) is 0 Å². The molecule has 25 heavy (non-hydrogen) atoms. The van der Waals surface area contributed by atoms with E-state index < -0.39 is 0 Å². The lowest BCUT2D eigenvalue weighted by Crippen LogP contribution is -2.32. The molecule has 0 atom stereocenters. The van der Waals surface area contributed by atoms with Crippen molar-refractivity contribution in [3.8, 4) is 0 Å². The van der Waals surface area contributed by atoms with Gasteiger partial charge in [0.05, 0.1) is 12.8 Å². The Morgan fingerprint density at radius 3 is 2.32 bits per heavy atom. The lowest BCUT2D eigenvalue weighted by molar-refractivity contribution is 0.0733. The summed E-state index contributed by atoms with van der Waals surface area (Å²) >= 11 is 0. The molecule has 3 aromatic rings. The number of amides is 1. The molecule has 2 aromatic carbocycles. The van der Waals surface area contributed by atoms with E-state index in [0.717, 1.165) is 24.2 Å². The number of hydrogen-bond donors (Lipinski definition) is 0. The average molecular weight is 333 g/mol. The van der Waals surface area contributed by atoms with Crippen LogP contribution in [0.2, 0.25) is 0 Å². The van der Waals surface area contributed by atoms with Crippen molar-refractivity contribution in [3.63, 3.8) is 0 Å². The predicted octanol–water partition coefficient (Wildman–Crippen LogP) is 4.73. The van der Waals surface area contributed by atoms with E-state index in [9.17, 15) is 4.79 Å². The topological polar surface area (TPSA) is 33.5 Å². The number of hydrogen-bond acceptors (Lipinski definition) is 2. The van der Waals surface area contributed by atoms with Gasteiger partial charge in [0, 0.05) is 12.1 Å². The summed E-state index contributed by atoms with van der Waals surface area (Å²) in [7, 11) is 0. The van der Waals surface area contributed by atoms with E-state index in [-0.39, 0.29) is 5.91 Å². The summed E-state index contributed by atoms with van der Waals surface area (Å²) in [4.78, 5) is 14.8. The summed E-state index contributed by atoms with van der Waals surface area (Å²) in [5, 5.41) is 0. The minimum Gasteiger partial charge on any atom is -0.467 e. The van der Waals surface area contributed by atoms with Gasteiger partial charge in [-0.05, 0) is 48.2 Å². The largest absolute Gasteiger partial charge is 0.467 e. The molecule has 128 valence electrons. The lowest BCUT2D eigenvalue weighted by Gasteiger charge is -2.22. The summed E-state index contributed by atoms with van der Waals surface area (Å²) in [6.07, 6.45) is 3.43.